The van der Waals surface area contributed by atoms with Gasteiger partial charge in [-0.2, -0.15) is 0 Å². The minimum Gasteiger partial charge on any atom is -0.444 e. The summed E-state index contributed by atoms with van der Waals surface area (Å²) in [7, 11) is 0. The molecule has 0 aromatic heterocycles. The largest absolute Gasteiger partial charge is 0.444 e. The fourth-order valence-corrected chi connectivity index (χ4v) is 2.68. The maximum Gasteiger partial charge on any atom is 0.412 e. The van der Waals surface area contributed by atoms with Crippen molar-refractivity contribution in [3.8, 4) is 0 Å². The number of nitrogens with one attached hydrogen (secondary N) is 1. The van der Waals surface area contributed by atoms with Crippen LogP contribution in [0.15, 0.2) is 42.5 Å². The van der Waals surface area contributed by atoms with Gasteiger partial charge in [-0.1, -0.05) is 23.3 Å². The Balaban J connectivity index is 1.76. The first-order chi connectivity index (χ1) is 13.6. The van der Waals surface area contributed by atoms with E-state index in [0.29, 0.717) is 16.3 Å². The molecular weight excluding hydrogens is 376 g/mol. The van der Waals surface area contributed by atoms with E-state index < -0.39 is 29.5 Å². The number of aryl methyl sites for hydroxylation is 1. The van der Waals surface area contributed by atoms with Crippen LogP contribution in [-0.2, 0) is 9.57 Å². The van der Waals surface area contributed by atoms with Crippen LogP contribution < -0.4 is 5.32 Å². The normalized spacial score (nSPS) is 13.2. The second kappa shape index (κ2) is 7.38. The molecule has 29 heavy (non-hydrogen) atoms. The van der Waals surface area contributed by atoms with E-state index in [-0.39, 0.29) is 16.7 Å². The Morgan fingerprint density at radius 2 is 1.55 bits per heavy atom. The smallest absolute Gasteiger partial charge is 0.412 e. The van der Waals surface area contributed by atoms with Gasteiger partial charge in [0.05, 0.1) is 16.7 Å². The number of ether oxygens (including phenoxy) is 1. The molecule has 0 saturated carbocycles. The van der Waals surface area contributed by atoms with Crippen molar-refractivity contribution >= 4 is 29.6 Å². The zero-order valence-electron chi connectivity index (χ0n) is 16.4. The van der Waals surface area contributed by atoms with Crippen LogP contribution in [-0.4, -0.2) is 34.5 Å². The lowest BCUT2D eigenvalue weighted by molar-refractivity contribution is -0.0584. The molecule has 3 rings (SSSR count). The summed E-state index contributed by atoms with van der Waals surface area (Å²) in [4.78, 5) is 54.2. The van der Waals surface area contributed by atoms with E-state index in [2.05, 4.69) is 5.32 Å². The van der Waals surface area contributed by atoms with Gasteiger partial charge in [0.2, 0.25) is 0 Å². The number of benzene rings is 2. The molecule has 0 spiro atoms. The lowest BCUT2D eigenvalue weighted by atomic mass is 10.1. The first-order valence-electron chi connectivity index (χ1n) is 8.87. The van der Waals surface area contributed by atoms with Crippen LogP contribution >= 0.6 is 0 Å². The number of nitrogens with zero attached hydrogens (tertiary/aromatic N) is 1. The third-order valence-corrected chi connectivity index (χ3v) is 4.04. The van der Waals surface area contributed by atoms with Gasteiger partial charge in [-0.15, -0.1) is 0 Å². The number of hydroxylamine groups is 2. The molecule has 2 aromatic rings. The highest BCUT2D eigenvalue weighted by Gasteiger charge is 2.38. The van der Waals surface area contributed by atoms with Gasteiger partial charge in [0.25, 0.3) is 11.8 Å². The number of anilines is 1. The number of hydrogen-bond donors (Lipinski definition) is 1. The van der Waals surface area contributed by atoms with E-state index in [1.54, 1.807) is 45.9 Å². The summed E-state index contributed by atoms with van der Waals surface area (Å²) in [5.74, 6) is -2.33. The van der Waals surface area contributed by atoms with Gasteiger partial charge in [0, 0.05) is 5.69 Å². The fourth-order valence-electron chi connectivity index (χ4n) is 2.68. The minimum atomic E-state index is -0.910. The molecule has 1 aliphatic rings. The Labute approximate surface area is 167 Å². The molecule has 0 bridgehead atoms. The molecule has 8 nitrogen and oxygen atoms in total. The highest BCUT2D eigenvalue weighted by molar-refractivity contribution is 6.21. The van der Waals surface area contributed by atoms with E-state index in [0.717, 1.165) is 0 Å². The maximum absolute atomic E-state index is 12.5. The van der Waals surface area contributed by atoms with E-state index in [4.69, 9.17) is 9.57 Å². The summed E-state index contributed by atoms with van der Waals surface area (Å²) >= 11 is 0. The number of imide groups is 1. The Morgan fingerprint density at radius 3 is 2.10 bits per heavy atom. The summed E-state index contributed by atoms with van der Waals surface area (Å²) in [6.07, 6.45) is -0.675. The SMILES string of the molecule is Cc1ccc(C(=O)ON2C(=O)c3ccccc3C2=O)cc1NC(=O)OC(C)(C)C. The summed E-state index contributed by atoms with van der Waals surface area (Å²) in [6.45, 7) is 6.94. The average Bonchev–Trinajstić information content (AvgIpc) is 2.87. The van der Waals surface area contributed by atoms with Gasteiger partial charge < -0.3 is 9.57 Å². The Morgan fingerprint density at radius 1 is 0.966 bits per heavy atom. The van der Waals surface area contributed by atoms with Gasteiger partial charge in [0.1, 0.15) is 5.60 Å². The molecule has 0 fully saturated rings. The fraction of sp³-hybridized carbons (Fsp3) is 0.238. The van der Waals surface area contributed by atoms with Gasteiger partial charge >= 0.3 is 12.1 Å². The third-order valence-electron chi connectivity index (χ3n) is 4.04. The Bertz CT molecular complexity index is 987. The van der Waals surface area contributed by atoms with Crippen LogP contribution in [0.4, 0.5) is 10.5 Å². The first-order valence-corrected chi connectivity index (χ1v) is 8.87. The van der Waals surface area contributed by atoms with Crippen molar-refractivity contribution in [1.29, 1.82) is 0 Å². The van der Waals surface area contributed by atoms with Crippen molar-refractivity contribution in [3.63, 3.8) is 0 Å². The quantitative estimate of drug-likeness (QED) is 0.794. The topological polar surface area (TPSA) is 102 Å². The van der Waals surface area contributed by atoms with Gasteiger partial charge in [-0.3, -0.25) is 14.9 Å². The zero-order chi connectivity index (χ0) is 21.3. The van der Waals surface area contributed by atoms with Crippen molar-refractivity contribution in [2.75, 3.05) is 5.32 Å². The molecule has 0 atom stereocenters. The van der Waals surface area contributed by atoms with Crippen LogP contribution in [0, 0.1) is 6.92 Å². The Hall–Kier alpha value is -3.68. The maximum atomic E-state index is 12.5. The number of carbonyl (C=O) groups is 4. The predicted molar refractivity (Wildman–Crippen MR) is 103 cm³/mol. The van der Waals surface area contributed by atoms with E-state index in [9.17, 15) is 19.2 Å². The molecule has 1 aliphatic heterocycles. The number of rotatable bonds is 3. The van der Waals surface area contributed by atoms with Crippen LogP contribution in [0.5, 0.6) is 0 Å². The zero-order valence-corrected chi connectivity index (χ0v) is 16.4. The molecule has 2 aromatic carbocycles. The molecule has 3 amide bonds. The molecular formula is C21H20N2O6. The van der Waals surface area contributed by atoms with Gasteiger partial charge in [0.15, 0.2) is 0 Å². The average molecular weight is 396 g/mol. The van der Waals surface area contributed by atoms with Crippen molar-refractivity contribution in [2.24, 2.45) is 0 Å². The minimum absolute atomic E-state index is 0.0539. The summed E-state index contributed by atoms with van der Waals surface area (Å²) in [5, 5.41) is 3.01. The molecule has 150 valence electrons. The summed E-state index contributed by atoms with van der Waals surface area (Å²) < 4.78 is 5.20. The first kappa shape index (κ1) is 20.1. The van der Waals surface area contributed by atoms with Crippen molar-refractivity contribution in [1.82, 2.24) is 5.06 Å². The van der Waals surface area contributed by atoms with Crippen LogP contribution in [0.1, 0.15) is 57.4 Å². The summed E-state index contributed by atoms with van der Waals surface area (Å²) in [6, 6.07) is 10.7. The molecule has 0 unspecified atom stereocenters. The lowest BCUT2D eigenvalue weighted by Crippen LogP contribution is -2.32. The van der Waals surface area contributed by atoms with Crippen LogP contribution in [0.3, 0.4) is 0 Å². The highest BCUT2D eigenvalue weighted by atomic mass is 16.7. The monoisotopic (exact) mass is 396 g/mol. The van der Waals surface area contributed by atoms with E-state index in [1.807, 2.05) is 0 Å². The second-order valence-electron chi connectivity index (χ2n) is 7.49. The molecule has 8 heteroatoms. The van der Waals surface area contributed by atoms with E-state index in [1.165, 1.54) is 24.3 Å². The molecule has 1 heterocycles. The van der Waals surface area contributed by atoms with Gasteiger partial charge in [-0.05, 0) is 57.5 Å². The standard InChI is InChI=1S/C21H20N2O6/c1-12-9-10-13(11-16(12)22-20(27)28-21(2,3)4)19(26)29-23-17(24)14-7-5-6-8-15(14)18(23)25/h5-11H,1-4H3,(H,22,27). The number of hydrogen-bond acceptors (Lipinski definition) is 6. The third kappa shape index (κ3) is 4.26. The number of amides is 3. The van der Waals surface area contributed by atoms with Crippen molar-refractivity contribution < 1.29 is 28.8 Å². The molecule has 1 N–H and O–H groups in total. The lowest BCUT2D eigenvalue weighted by Gasteiger charge is -2.20. The van der Waals surface area contributed by atoms with Gasteiger partial charge in [-0.25, -0.2) is 9.59 Å². The number of carbonyl (C=O) groups excluding carboxylic acids is 4. The van der Waals surface area contributed by atoms with E-state index >= 15 is 0 Å². The predicted octanol–water partition coefficient (Wildman–Crippen LogP) is 3.71. The Kier molecular flexibility index (Phi) is 5.11. The molecule has 0 radical (unpaired) electrons. The molecule has 0 saturated heterocycles. The summed E-state index contributed by atoms with van der Waals surface area (Å²) in [5.41, 5.74) is 0.741. The highest BCUT2D eigenvalue weighted by Crippen LogP contribution is 2.24. The second-order valence-corrected chi connectivity index (χ2v) is 7.49. The van der Waals surface area contributed by atoms with Crippen molar-refractivity contribution in [3.05, 3.63) is 64.7 Å². The van der Waals surface area contributed by atoms with Crippen LogP contribution in [0.2, 0.25) is 0 Å². The van der Waals surface area contributed by atoms with Crippen molar-refractivity contribution in [2.45, 2.75) is 33.3 Å². The molecule has 0 aliphatic carbocycles. The van der Waals surface area contributed by atoms with Crippen LogP contribution in [0.25, 0.3) is 0 Å². The number of fused-ring (bicyclic) bond motifs is 1.